The molecule has 0 spiro atoms. The fourth-order valence-electron chi connectivity index (χ4n) is 2.16. The number of rotatable bonds is 8. The molecule has 2 aromatic rings. The van der Waals surface area contributed by atoms with Crippen molar-refractivity contribution in [2.75, 3.05) is 27.4 Å². The maximum atomic E-state index is 5.82. The molecule has 0 aliphatic heterocycles. The van der Waals surface area contributed by atoms with Crippen LogP contribution in [0.1, 0.15) is 16.0 Å². The summed E-state index contributed by atoms with van der Waals surface area (Å²) in [4.78, 5) is 5.54. The van der Waals surface area contributed by atoms with Gasteiger partial charge in [0.1, 0.15) is 12.4 Å². The van der Waals surface area contributed by atoms with Crippen LogP contribution in [0.4, 0.5) is 0 Å². The molecule has 2 N–H and O–H groups in total. The smallest absolute Gasteiger partial charge is 0.191 e. The molecule has 0 aliphatic carbocycles. The summed E-state index contributed by atoms with van der Waals surface area (Å²) in [6, 6.07) is 10.4. The van der Waals surface area contributed by atoms with Crippen LogP contribution in [0.25, 0.3) is 0 Å². The van der Waals surface area contributed by atoms with E-state index >= 15 is 0 Å². The van der Waals surface area contributed by atoms with Crippen molar-refractivity contribution in [3.8, 4) is 5.75 Å². The largest absolute Gasteiger partial charge is 0.491 e. The van der Waals surface area contributed by atoms with Crippen molar-refractivity contribution in [2.24, 2.45) is 4.99 Å². The Morgan fingerprint density at radius 2 is 2.00 bits per heavy atom. The zero-order valence-electron chi connectivity index (χ0n) is 14.5. The van der Waals surface area contributed by atoms with Crippen molar-refractivity contribution in [3.63, 3.8) is 0 Å². The molecule has 0 fully saturated rings. The van der Waals surface area contributed by atoms with Gasteiger partial charge in [-0.25, -0.2) is 0 Å². The van der Waals surface area contributed by atoms with E-state index in [1.165, 1.54) is 10.4 Å². The molecule has 1 heterocycles. The molecule has 0 amide bonds. The maximum absolute atomic E-state index is 5.82. The predicted octanol–water partition coefficient (Wildman–Crippen LogP) is 2.95. The topological polar surface area (TPSA) is 54.9 Å². The number of benzene rings is 1. The van der Waals surface area contributed by atoms with Gasteiger partial charge in [-0.15, -0.1) is 11.3 Å². The summed E-state index contributed by atoms with van der Waals surface area (Å²) in [7, 11) is 3.44. The minimum absolute atomic E-state index is 0.540. The van der Waals surface area contributed by atoms with Crippen LogP contribution in [0.2, 0.25) is 0 Å². The Labute approximate surface area is 147 Å². The lowest BCUT2D eigenvalue weighted by Crippen LogP contribution is -2.36. The van der Waals surface area contributed by atoms with Crippen LogP contribution in [0.3, 0.4) is 0 Å². The van der Waals surface area contributed by atoms with Crippen molar-refractivity contribution < 1.29 is 9.47 Å². The summed E-state index contributed by atoms with van der Waals surface area (Å²) in [6.45, 7) is 4.58. The highest BCUT2D eigenvalue weighted by atomic mass is 32.1. The summed E-state index contributed by atoms with van der Waals surface area (Å²) in [5.74, 6) is 1.65. The number of methoxy groups -OCH3 is 1. The molecule has 130 valence electrons. The van der Waals surface area contributed by atoms with Gasteiger partial charge in [0.25, 0.3) is 0 Å². The minimum atomic E-state index is 0.540. The zero-order chi connectivity index (χ0) is 17.2. The number of nitrogens with zero attached hydrogens (tertiary/aromatic N) is 1. The van der Waals surface area contributed by atoms with Gasteiger partial charge in [-0.1, -0.05) is 18.2 Å². The number of aliphatic imine (C=N–C) groups is 1. The summed E-state index contributed by atoms with van der Waals surface area (Å²) >= 11 is 1.73. The van der Waals surface area contributed by atoms with Gasteiger partial charge >= 0.3 is 0 Å². The molecule has 2 rings (SSSR count). The molecule has 0 saturated carbocycles. The van der Waals surface area contributed by atoms with Gasteiger partial charge in [0, 0.05) is 31.1 Å². The third-order valence-corrected chi connectivity index (χ3v) is 4.32. The first-order chi connectivity index (χ1) is 11.7. The van der Waals surface area contributed by atoms with Gasteiger partial charge in [-0.3, -0.25) is 4.99 Å². The van der Waals surface area contributed by atoms with Gasteiger partial charge in [0.15, 0.2) is 5.96 Å². The Morgan fingerprint density at radius 1 is 1.17 bits per heavy atom. The molecular formula is C18H25N3O2S. The maximum Gasteiger partial charge on any atom is 0.191 e. The van der Waals surface area contributed by atoms with Gasteiger partial charge < -0.3 is 20.1 Å². The lowest BCUT2D eigenvalue weighted by molar-refractivity contribution is 0.145. The normalized spacial score (nSPS) is 11.4. The van der Waals surface area contributed by atoms with E-state index in [9.17, 15) is 0 Å². The number of thiophene rings is 1. The average Bonchev–Trinajstić information content (AvgIpc) is 3.10. The Morgan fingerprint density at radius 3 is 2.71 bits per heavy atom. The van der Waals surface area contributed by atoms with Crippen molar-refractivity contribution in [1.82, 2.24) is 10.6 Å². The Hall–Kier alpha value is -2.05. The van der Waals surface area contributed by atoms with Gasteiger partial charge in [0.2, 0.25) is 0 Å². The summed E-state index contributed by atoms with van der Waals surface area (Å²) < 4.78 is 10.9. The Balaban J connectivity index is 1.91. The molecule has 0 radical (unpaired) electrons. The highest BCUT2D eigenvalue weighted by Crippen LogP contribution is 2.20. The number of hydrogen-bond donors (Lipinski definition) is 2. The van der Waals surface area contributed by atoms with E-state index in [0.717, 1.165) is 23.8 Å². The van der Waals surface area contributed by atoms with Crippen molar-refractivity contribution in [2.45, 2.75) is 20.0 Å². The van der Waals surface area contributed by atoms with Gasteiger partial charge in [-0.05, 0) is 30.0 Å². The fraction of sp³-hybridized carbons (Fsp3) is 0.389. The second-order valence-corrected chi connectivity index (χ2v) is 6.34. The van der Waals surface area contributed by atoms with Gasteiger partial charge in [-0.2, -0.15) is 0 Å². The van der Waals surface area contributed by atoms with Crippen LogP contribution < -0.4 is 15.4 Å². The van der Waals surface area contributed by atoms with Crippen LogP contribution in [0.15, 0.2) is 40.7 Å². The van der Waals surface area contributed by atoms with E-state index in [0.29, 0.717) is 19.8 Å². The Bertz CT molecular complexity index is 642. The molecule has 1 aromatic carbocycles. The average molecular weight is 347 g/mol. The minimum Gasteiger partial charge on any atom is -0.491 e. The van der Waals surface area contributed by atoms with E-state index in [2.05, 4.69) is 52.2 Å². The van der Waals surface area contributed by atoms with E-state index in [-0.39, 0.29) is 0 Å². The lowest BCUT2D eigenvalue weighted by atomic mass is 10.1. The van der Waals surface area contributed by atoms with E-state index in [1.54, 1.807) is 25.5 Å². The van der Waals surface area contributed by atoms with Crippen LogP contribution in [0.5, 0.6) is 5.75 Å². The molecule has 5 nitrogen and oxygen atoms in total. The SMILES string of the molecule is CN=C(NCc1cccs1)NCc1ccc(C)cc1OCCOC. The first-order valence-electron chi connectivity index (χ1n) is 7.91. The van der Waals surface area contributed by atoms with Crippen LogP contribution in [-0.2, 0) is 17.8 Å². The Kier molecular flexibility index (Phi) is 7.58. The van der Waals surface area contributed by atoms with Crippen LogP contribution in [-0.4, -0.2) is 33.3 Å². The number of guanidine groups is 1. The van der Waals surface area contributed by atoms with Crippen LogP contribution in [0, 0.1) is 6.92 Å². The number of aryl methyl sites for hydroxylation is 1. The number of ether oxygens (including phenoxy) is 2. The van der Waals surface area contributed by atoms with E-state index in [1.807, 2.05) is 6.07 Å². The number of hydrogen-bond acceptors (Lipinski definition) is 4. The number of nitrogens with one attached hydrogen (secondary N) is 2. The monoisotopic (exact) mass is 347 g/mol. The van der Waals surface area contributed by atoms with Crippen molar-refractivity contribution >= 4 is 17.3 Å². The van der Waals surface area contributed by atoms with E-state index in [4.69, 9.17) is 9.47 Å². The quantitative estimate of drug-likeness (QED) is 0.438. The molecule has 0 aliphatic rings. The van der Waals surface area contributed by atoms with Gasteiger partial charge in [0.05, 0.1) is 13.2 Å². The molecule has 0 saturated heterocycles. The first kappa shape index (κ1) is 18.3. The highest BCUT2D eigenvalue weighted by Gasteiger charge is 2.06. The lowest BCUT2D eigenvalue weighted by Gasteiger charge is -2.15. The zero-order valence-corrected chi connectivity index (χ0v) is 15.3. The molecule has 0 bridgehead atoms. The molecule has 0 atom stereocenters. The molecule has 24 heavy (non-hydrogen) atoms. The second-order valence-electron chi connectivity index (χ2n) is 5.31. The summed E-state index contributed by atoms with van der Waals surface area (Å²) in [6.07, 6.45) is 0. The molecule has 0 unspecified atom stereocenters. The molecule has 6 heteroatoms. The summed E-state index contributed by atoms with van der Waals surface area (Å²) in [5, 5.41) is 8.72. The van der Waals surface area contributed by atoms with Crippen molar-refractivity contribution in [1.29, 1.82) is 0 Å². The summed E-state index contributed by atoms with van der Waals surface area (Å²) in [5.41, 5.74) is 2.27. The highest BCUT2D eigenvalue weighted by molar-refractivity contribution is 7.09. The molecular weight excluding hydrogens is 322 g/mol. The molecule has 1 aromatic heterocycles. The third-order valence-electron chi connectivity index (χ3n) is 3.45. The van der Waals surface area contributed by atoms with Crippen molar-refractivity contribution in [3.05, 3.63) is 51.7 Å². The third kappa shape index (κ3) is 5.86. The van der Waals surface area contributed by atoms with Crippen LogP contribution >= 0.6 is 11.3 Å². The van der Waals surface area contributed by atoms with E-state index < -0.39 is 0 Å². The first-order valence-corrected chi connectivity index (χ1v) is 8.79. The second kappa shape index (κ2) is 9.95. The standard InChI is InChI=1S/C18H25N3O2S/c1-14-6-7-15(17(11-14)23-9-8-22-3)12-20-18(19-2)21-13-16-5-4-10-24-16/h4-7,10-11H,8-9,12-13H2,1-3H3,(H2,19,20,21). The fourth-order valence-corrected chi connectivity index (χ4v) is 2.81. The predicted molar refractivity (Wildman–Crippen MR) is 99.9 cm³/mol.